The zero-order valence-corrected chi connectivity index (χ0v) is 19.1. The molecule has 0 aliphatic carbocycles. The van der Waals surface area contributed by atoms with Crippen LogP contribution in [-0.4, -0.2) is 30.8 Å². The fourth-order valence-corrected chi connectivity index (χ4v) is 4.78. The Morgan fingerprint density at radius 3 is 2.67 bits per heavy atom. The van der Waals surface area contributed by atoms with Gasteiger partial charge in [0.1, 0.15) is 5.75 Å². The molecule has 30 heavy (non-hydrogen) atoms. The minimum atomic E-state index is -0.291. The summed E-state index contributed by atoms with van der Waals surface area (Å²) in [5, 5.41) is 4.22. The van der Waals surface area contributed by atoms with Crippen LogP contribution in [0.15, 0.2) is 41.5 Å². The van der Waals surface area contributed by atoms with Gasteiger partial charge >= 0.3 is 0 Å². The number of anilines is 1. The summed E-state index contributed by atoms with van der Waals surface area (Å²) in [6.45, 7) is 13.5. The second kappa shape index (κ2) is 8.50. The number of hydrogen-bond acceptors (Lipinski definition) is 4. The van der Waals surface area contributed by atoms with E-state index in [9.17, 15) is 4.79 Å². The van der Waals surface area contributed by atoms with Crippen LogP contribution < -0.4 is 15.1 Å². The maximum atomic E-state index is 12.5. The van der Waals surface area contributed by atoms with Crippen molar-refractivity contribution in [1.29, 1.82) is 0 Å². The number of amides is 1. The molecule has 1 amide bonds. The van der Waals surface area contributed by atoms with Gasteiger partial charge in [-0.1, -0.05) is 19.1 Å². The van der Waals surface area contributed by atoms with E-state index in [1.54, 1.807) is 31.5 Å². The topological polar surface area (TPSA) is 53.9 Å². The SMILES string of the molecule is COc1ccccc1C(=O)N/N=C/c1cc2c(cc1C)N(C(C)C)C(C)(C)CC2C. The van der Waals surface area contributed by atoms with Crippen molar-refractivity contribution in [3.8, 4) is 5.75 Å². The van der Waals surface area contributed by atoms with Crippen molar-refractivity contribution in [3.63, 3.8) is 0 Å². The number of benzene rings is 2. The quantitative estimate of drug-likeness (QED) is 0.543. The van der Waals surface area contributed by atoms with Crippen molar-refractivity contribution < 1.29 is 9.53 Å². The number of methoxy groups -OCH3 is 1. The molecule has 1 aliphatic rings. The van der Waals surface area contributed by atoms with E-state index in [-0.39, 0.29) is 11.4 Å². The Kier molecular flexibility index (Phi) is 6.20. The van der Waals surface area contributed by atoms with Crippen LogP contribution in [0, 0.1) is 6.92 Å². The van der Waals surface area contributed by atoms with E-state index in [1.165, 1.54) is 11.3 Å². The fraction of sp³-hybridized carbons (Fsp3) is 0.440. The number of para-hydroxylation sites is 1. The summed E-state index contributed by atoms with van der Waals surface area (Å²) in [7, 11) is 1.55. The average molecular weight is 408 g/mol. The van der Waals surface area contributed by atoms with Crippen molar-refractivity contribution in [2.45, 2.75) is 65.5 Å². The summed E-state index contributed by atoms with van der Waals surface area (Å²) in [6.07, 6.45) is 2.83. The summed E-state index contributed by atoms with van der Waals surface area (Å²) in [5.74, 6) is 0.696. The van der Waals surface area contributed by atoms with Gasteiger partial charge in [-0.15, -0.1) is 0 Å². The Morgan fingerprint density at radius 1 is 1.30 bits per heavy atom. The highest BCUT2D eigenvalue weighted by Crippen LogP contribution is 2.45. The Balaban J connectivity index is 1.86. The van der Waals surface area contributed by atoms with Crippen molar-refractivity contribution in [1.82, 2.24) is 5.43 Å². The van der Waals surface area contributed by atoms with Gasteiger partial charge in [0.25, 0.3) is 5.91 Å². The van der Waals surface area contributed by atoms with Crippen LogP contribution in [-0.2, 0) is 0 Å². The molecule has 0 aromatic heterocycles. The van der Waals surface area contributed by atoms with E-state index in [2.05, 4.69) is 69.1 Å². The van der Waals surface area contributed by atoms with Gasteiger partial charge in [0.05, 0.1) is 18.9 Å². The zero-order chi connectivity index (χ0) is 22.1. The van der Waals surface area contributed by atoms with E-state index in [0.29, 0.717) is 23.3 Å². The number of rotatable bonds is 5. The van der Waals surface area contributed by atoms with E-state index in [4.69, 9.17) is 4.74 Å². The predicted octanol–water partition coefficient (Wildman–Crippen LogP) is 5.27. The van der Waals surface area contributed by atoms with Crippen LogP contribution in [0.4, 0.5) is 5.69 Å². The standard InChI is InChI=1S/C25H33N3O2/c1-16(2)28-22-12-17(3)19(13-21(22)18(4)14-25(28,5)6)15-26-27-24(29)20-10-8-9-11-23(20)30-7/h8-13,15-16,18H,14H2,1-7H3,(H,27,29)/b26-15+. The first-order chi connectivity index (χ1) is 14.2. The van der Waals surface area contributed by atoms with Crippen LogP contribution >= 0.6 is 0 Å². The van der Waals surface area contributed by atoms with E-state index >= 15 is 0 Å². The van der Waals surface area contributed by atoms with Gasteiger partial charge in [-0.2, -0.15) is 5.10 Å². The van der Waals surface area contributed by atoms with Crippen LogP contribution in [0.2, 0.25) is 0 Å². The summed E-state index contributed by atoms with van der Waals surface area (Å²) in [4.78, 5) is 15.0. The predicted molar refractivity (Wildman–Crippen MR) is 124 cm³/mol. The monoisotopic (exact) mass is 407 g/mol. The molecule has 0 saturated carbocycles. The zero-order valence-electron chi connectivity index (χ0n) is 19.1. The molecule has 0 radical (unpaired) electrons. The van der Waals surface area contributed by atoms with Crippen molar-refractivity contribution in [2.24, 2.45) is 5.10 Å². The molecule has 0 spiro atoms. The molecule has 1 unspecified atom stereocenters. The molecule has 0 bridgehead atoms. The molecule has 160 valence electrons. The summed E-state index contributed by atoms with van der Waals surface area (Å²) < 4.78 is 5.25. The van der Waals surface area contributed by atoms with Gasteiger partial charge in [0, 0.05) is 17.3 Å². The van der Waals surface area contributed by atoms with E-state index in [1.807, 2.05) is 6.07 Å². The normalized spacial score (nSPS) is 17.9. The third kappa shape index (κ3) is 4.20. The molecule has 2 aromatic carbocycles. The number of ether oxygens (including phenoxy) is 1. The lowest BCUT2D eigenvalue weighted by Gasteiger charge is -2.50. The fourth-order valence-electron chi connectivity index (χ4n) is 4.78. The molecule has 3 rings (SSSR count). The maximum Gasteiger partial charge on any atom is 0.275 e. The third-order valence-electron chi connectivity index (χ3n) is 5.90. The third-order valence-corrected chi connectivity index (χ3v) is 5.90. The number of nitrogens with one attached hydrogen (secondary N) is 1. The summed E-state index contributed by atoms with van der Waals surface area (Å²) in [6, 6.07) is 12.0. The van der Waals surface area contributed by atoms with E-state index in [0.717, 1.165) is 17.5 Å². The average Bonchev–Trinajstić information content (AvgIpc) is 2.67. The van der Waals surface area contributed by atoms with Gasteiger partial charge in [-0.25, -0.2) is 5.43 Å². The highest BCUT2D eigenvalue weighted by molar-refractivity contribution is 5.97. The lowest BCUT2D eigenvalue weighted by atomic mass is 9.78. The lowest BCUT2D eigenvalue weighted by molar-refractivity contribution is 0.0952. The Labute approximate surface area is 180 Å². The first kappa shape index (κ1) is 21.9. The van der Waals surface area contributed by atoms with E-state index < -0.39 is 0 Å². The van der Waals surface area contributed by atoms with Gasteiger partial charge < -0.3 is 9.64 Å². The molecule has 1 atom stereocenters. The van der Waals surface area contributed by atoms with Crippen molar-refractivity contribution in [3.05, 3.63) is 58.7 Å². The number of hydrazone groups is 1. The Morgan fingerprint density at radius 2 is 2.00 bits per heavy atom. The smallest absolute Gasteiger partial charge is 0.275 e. The summed E-state index contributed by atoms with van der Waals surface area (Å²) in [5.41, 5.74) is 8.00. The Hall–Kier alpha value is -2.82. The van der Waals surface area contributed by atoms with Crippen molar-refractivity contribution >= 4 is 17.8 Å². The van der Waals surface area contributed by atoms with Crippen LogP contribution in [0.25, 0.3) is 0 Å². The maximum absolute atomic E-state index is 12.5. The summed E-state index contributed by atoms with van der Waals surface area (Å²) >= 11 is 0. The molecule has 5 nitrogen and oxygen atoms in total. The highest BCUT2D eigenvalue weighted by atomic mass is 16.5. The molecule has 1 aliphatic heterocycles. The second-order valence-corrected chi connectivity index (χ2v) is 9.05. The van der Waals surface area contributed by atoms with Gasteiger partial charge in [0.2, 0.25) is 0 Å². The molecule has 1 N–H and O–H groups in total. The first-order valence-corrected chi connectivity index (χ1v) is 10.6. The second-order valence-electron chi connectivity index (χ2n) is 9.05. The minimum Gasteiger partial charge on any atom is -0.496 e. The number of carbonyl (C=O) groups is 1. The molecule has 5 heteroatoms. The first-order valence-electron chi connectivity index (χ1n) is 10.6. The number of hydrogen-bond donors (Lipinski definition) is 1. The molecular formula is C25H33N3O2. The van der Waals surface area contributed by atoms with Crippen molar-refractivity contribution in [2.75, 3.05) is 12.0 Å². The number of fused-ring (bicyclic) bond motifs is 1. The van der Waals surface area contributed by atoms with Gasteiger partial charge in [-0.05, 0) is 87.9 Å². The highest BCUT2D eigenvalue weighted by Gasteiger charge is 2.37. The minimum absolute atomic E-state index is 0.116. The van der Waals surface area contributed by atoms with Crippen LogP contribution in [0.5, 0.6) is 5.75 Å². The van der Waals surface area contributed by atoms with Crippen LogP contribution in [0.1, 0.15) is 74.0 Å². The van der Waals surface area contributed by atoms with Crippen LogP contribution in [0.3, 0.4) is 0 Å². The van der Waals surface area contributed by atoms with Gasteiger partial charge in [-0.3, -0.25) is 4.79 Å². The molecule has 2 aromatic rings. The van der Waals surface area contributed by atoms with Gasteiger partial charge in [0.15, 0.2) is 0 Å². The largest absolute Gasteiger partial charge is 0.496 e. The molecule has 1 heterocycles. The number of carbonyl (C=O) groups excluding carboxylic acids is 1. The Bertz CT molecular complexity index is 963. The number of nitrogens with zero attached hydrogens (tertiary/aromatic N) is 2. The number of aryl methyl sites for hydroxylation is 1. The lowest BCUT2D eigenvalue weighted by Crippen LogP contribution is -2.51. The molecule has 0 fully saturated rings. The molecular weight excluding hydrogens is 374 g/mol. The molecule has 0 saturated heterocycles.